The molecule has 0 aromatic carbocycles. The van der Waals surface area contributed by atoms with Crippen molar-refractivity contribution in [2.75, 3.05) is 26.8 Å². The molecule has 2 atom stereocenters. The van der Waals surface area contributed by atoms with Gasteiger partial charge in [-0.1, -0.05) is 5.11 Å². The van der Waals surface area contributed by atoms with Crippen molar-refractivity contribution in [3.63, 3.8) is 0 Å². The van der Waals surface area contributed by atoms with Gasteiger partial charge < -0.3 is 10.1 Å². The normalized spacial score (nSPS) is 29.4. The maximum atomic E-state index is 8.23. The molecule has 5 nitrogen and oxygen atoms in total. The van der Waals surface area contributed by atoms with Gasteiger partial charge in [0.15, 0.2) is 0 Å². The summed E-state index contributed by atoms with van der Waals surface area (Å²) >= 11 is 0. The lowest BCUT2D eigenvalue weighted by atomic mass is 9.97. The number of methoxy groups -OCH3 is 1. The van der Waals surface area contributed by atoms with Gasteiger partial charge in [-0.15, -0.1) is 0 Å². The summed E-state index contributed by atoms with van der Waals surface area (Å²) in [5.74, 6) is 0.485. The smallest absolute Gasteiger partial charge is 0.0502 e. The van der Waals surface area contributed by atoms with Crippen molar-refractivity contribution in [2.24, 2.45) is 11.0 Å². The number of nitrogens with one attached hydrogen (secondary N) is 1. The highest BCUT2D eigenvalue weighted by molar-refractivity contribution is 4.80. The second kappa shape index (κ2) is 4.98. The maximum absolute atomic E-state index is 8.23. The second-order valence-electron chi connectivity index (χ2n) is 3.07. The number of azide groups is 1. The fraction of sp³-hybridized carbons (Fsp3) is 1.00. The minimum atomic E-state index is 0.101. The first-order chi connectivity index (χ1) is 5.86. The highest BCUT2D eigenvalue weighted by Gasteiger charge is 2.19. The van der Waals surface area contributed by atoms with Crippen molar-refractivity contribution in [1.82, 2.24) is 5.32 Å². The van der Waals surface area contributed by atoms with Crippen LogP contribution < -0.4 is 5.32 Å². The van der Waals surface area contributed by atoms with Crippen LogP contribution in [0, 0.1) is 5.92 Å². The van der Waals surface area contributed by atoms with Gasteiger partial charge in [-0.25, -0.2) is 0 Å². The fourth-order valence-electron chi connectivity index (χ4n) is 1.53. The van der Waals surface area contributed by atoms with Crippen LogP contribution in [0.15, 0.2) is 5.11 Å². The standard InChI is InChI=1S/C7H14N4O/c1-12-5-6-2-7(10-11-8)4-9-3-6/h6-7,9H,2-5H2,1H3. The van der Waals surface area contributed by atoms with Gasteiger partial charge in [-0.2, -0.15) is 0 Å². The first-order valence-electron chi connectivity index (χ1n) is 4.10. The zero-order valence-corrected chi connectivity index (χ0v) is 7.23. The van der Waals surface area contributed by atoms with E-state index in [9.17, 15) is 0 Å². The van der Waals surface area contributed by atoms with E-state index in [1.54, 1.807) is 7.11 Å². The van der Waals surface area contributed by atoms with Gasteiger partial charge in [0.05, 0.1) is 12.6 Å². The predicted molar refractivity (Wildman–Crippen MR) is 45.8 cm³/mol. The Morgan fingerprint density at radius 1 is 1.67 bits per heavy atom. The third kappa shape index (κ3) is 2.70. The molecule has 0 spiro atoms. The minimum Gasteiger partial charge on any atom is -0.384 e. The molecular weight excluding hydrogens is 156 g/mol. The van der Waals surface area contributed by atoms with Crippen LogP contribution in [0.2, 0.25) is 0 Å². The van der Waals surface area contributed by atoms with Crippen LogP contribution in [0.5, 0.6) is 0 Å². The van der Waals surface area contributed by atoms with Crippen LogP contribution in [0.1, 0.15) is 6.42 Å². The molecule has 5 heteroatoms. The van der Waals surface area contributed by atoms with E-state index in [0.29, 0.717) is 5.92 Å². The Morgan fingerprint density at radius 2 is 2.50 bits per heavy atom. The van der Waals surface area contributed by atoms with Crippen LogP contribution in [0.25, 0.3) is 10.4 Å². The van der Waals surface area contributed by atoms with Gasteiger partial charge >= 0.3 is 0 Å². The van der Waals surface area contributed by atoms with Crippen LogP contribution in [-0.4, -0.2) is 32.8 Å². The summed E-state index contributed by atoms with van der Waals surface area (Å²) in [5.41, 5.74) is 8.23. The number of hydrogen-bond acceptors (Lipinski definition) is 3. The Balaban J connectivity index is 2.34. The van der Waals surface area contributed by atoms with Gasteiger partial charge in [-0.3, -0.25) is 0 Å². The van der Waals surface area contributed by atoms with Gasteiger partial charge in [0, 0.05) is 25.1 Å². The lowest BCUT2D eigenvalue weighted by Gasteiger charge is -2.26. The molecule has 1 heterocycles. The molecule has 1 rings (SSSR count). The summed E-state index contributed by atoms with van der Waals surface area (Å²) in [7, 11) is 1.69. The number of nitrogens with zero attached hydrogens (tertiary/aromatic N) is 3. The summed E-state index contributed by atoms with van der Waals surface area (Å²) in [6, 6.07) is 0.101. The van der Waals surface area contributed by atoms with Crippen LogP contribution in [0.3, 0.4) is 0 Å². The highest BCUT2D eigenvalue weighted by Crippen LogP contribution is 2.13. The van der Waals surface area contributed by atoms with E-state index < -0.39 is 0 Å². The summed E-state index contributed by atoms with van der Waals surface area (Å²) < 4.78 is 5.03. The van der Waals surface area contributed by atoms with E-state index >= 15 is 0 Å². The molecule has 0 aliphatic carbocycles. The van der Waals surface area contributed by atoms with E-state index in [1.807, 2.05) is 0 Å². The first kappa shape index (κ1) is 9.32. The Hall–Kier alpha value is -0.770. The fourth-order valence-corrected chi connectivity index (χ4v) is 1.53. The van der Waals surface area contributed by atoms with E-state index in [1.165, 1.54) is 0 Å². The predicted octanol–water partition coefficient (Wildman–Crippen LogP) is 0.921. The Labute approximate surface area is 71.7 Å². The molecule has 0 aromatic rings. The van der Waals surface area contributed by atoms with Gasteiger partial charge in [0.25, 0.3) is 0 Å². The Morgan fingerprint density at radius 3 is 3.17 bits per heavy atom. The lowest BCUT2D eigenvalue weighted by Crippen LogP contribution is -2.39. The zero-order chi connectivity index (χ0) is 8.81. The van der Waals surface area contributed by atoms with Gasteiger partial charge in [-0.05, 0) is 17.9 Å². The summed E-state index contributed by atoms with van der Waals surface area (Å²) in [4.78, 5) is 2.80. The first-order valence-corrected chi connectivity index (χ1v) is 4.10. The summed E-state index contributed by atoms with van der Waals surface area (Å²) in [6.45, 7) is 2.50. The zero-order valence-electron chi connectivity index (χ0n) is 7.23. The number of hydrogen-bond donors (Lipinski definition) is 1. The molecule has 1 N–H and O–H groups in total. The van der Waals surface area contributed by atoms with Crippen LogP contribution in [-0.2, 0) is 4.74 Å². The van der Waals surface area contributed by atoms with Gasteiger partial charge in [0.2, 0.25) is 0 Å². The van der Waals surface area contributed by atoms with Crippen molar-refractivity contribution in [3.05, 3.63) is 10.4 Å². The number of ether oxygens (including phenoxy) is 1. The van der Waals surface area contributed by atoms with Gasteiger partial charge in [0.1, 0.15) is 0 Å². The van der Waals surface area contributed by atoms with Crippen LogP contribution >= 0.6 is 0 Å². The molecule has 1 fully saturated rings. The minimum absolute atomic E-state index is 0.101. The lowest BCUT2D eigenvalue weighted by molar-refractivity contribution is 0.133. The number of piperidine rings is 1. The average molecular weight is 170 g/mol. The van der Waals surface area contributed by atoms with Crippen molar-refractivity contribution in [2.45, 2.75) is 12.5 Å². The highest BCUT2D eigenvalue weighted by atomic mass is 16.5. The molecule has 1 saturated heterocycles. The van der Waals surface area contributed by atoms with E-state index in [4.69, 9.17) is 10.3 Å². The molecule has 0 amide bonds. The molecule has 0 saturated carbocycles. The summed E-state index contributed by atoms with van der Waals surface area (Å²) in [6.07, 6.45) is 0.935. The maximum Gasteiger partial charge on any atom is 0.0502 e. The molecule has 1 aliphatic rings. The average Bonchev–Trinajstić information content (AvgIpc) is 2.06. The molecule has 68 valence electrons. The molecule has 0 bridgehead atoms. The monoisotopic (exact) mass is 170 g/mol. The van der Waals surface area contributed by atoms with Crippen molar-refractivity contribution in [1.29, 1.82) is 0 Å². The molecule has 0 aromatic heterocycles. The summed E-state index contributed by atoms with van der Waals surface area (Å²) in [5, 5.41) is 6.89. The van der Waals surface area contributed by atoms with E-state index in [2.05, 4.69) is 15.3 Å². The molecular formula is C7H14N4O. The molecule has 1 aliphatic heterocycles. The SMILES string of the molecule is COCC1CNCC(N=[N+]=[N-])C1. The van der Waals surface area contributed by atoms with Crippen molar-refractivity contribution >= 4 is 0 Å². The van der Waals surface area contributed by atoms with E-state index in [-0.39, 0.29) is 6.04 Å². The van der Waals surface area contributed by atoms with E-state index in [0.717, 1.165) is 26.1 Å². The van der Waals surface area contributed by atoms with Crippen molar-refractivity contribution < 1.29 is 4.74 Å². The van der Waals surface area contributed by atoms with Crippen LogP contribution in [0.4, 0.5) is 0 Å². The number of rotatable bonds is 3. The Bertz CT molecular complexity index is 176. The molecule has 12 heavy (non-hydrogen) atoms. The largest absolute Gasteiger partial charge is 0.384 e. The topological polar surface area (TPSA) is 70.0 Å². The third-order valence-corrected chi connectivity index (χ3v) is 2.04. The quantitative estimate of drug-likeness (QED) is 0.388. The molecule has 2 unspecified atom stereocenters. The Kier molecular flexibility index (Phi) is 3.87. The molecule has 0 radical (unpaired) electrons. The second-order valence-corrected chi connectivity index (χ2v) is 3.07. The van der Waals surface area contributed by atoms with Crippen molar-refractivity contribution in [3.8, 4) is 0 Å². The third-order valence-electron chi connectivity index (χ3n) is 2.04.